The Labute approximate surface area is 239 Å². The molecule has 0 N–H and O–H groups in total. The summed E-state index contributed by atoms with van der Waals surface area (Å²) in [6.45, 7) is 2.09. The van der Waals surface area contributed by atoms with Gasteiger partial charge in [-0.3, -0.25) is 14.5 Å². The van der Waals surface area contributed by atoms with Crippen LogP contribution in [0.15, 0.2) is 59.9 Å². The third kappa shape index (κ3) is 4.32. The molecule has 0 radical (unpaired) electrons. The van der Waals surface area contributed by atoms with Gasteiger partial charge in [0.2, 0.25) is 11.8 Å². The van der Waals surface area contributed by atoms with Crippen molar-refractivity contribution in [3.63, 3.8) is 0 Å². The SMILES string of the molecule is COc1ncccc1C1(N2CCCC[C@H]2C(=O)N(C)C)C(=O)N(S(=O)(=O)c2ccc(C)cn2)c2ccc(C#N)cc21. The van der Waals surface area contributed by atoms with E-state index in [1.54, 1.807) is 44.1 Å². The maximum Gasteiger partial charge on any atom is 0.288 e. The normalized spacial score (nSPS) is 20.8. The Morgan fingerprint density at radius 2 is 1.93 bits per heavy atom. The molecule has 0 spiro atoms. The zero-order chi connectivity index (χ0) is 29.5. The number of carbonyl (C=O) groups excluding carboxylic acids is 2. The Balaban J connectivity index is 1.88. The number of carbonyl (C=O) groups is 2. The molecule has 0 aliphatic carbocycles. The molecule has 0 saturated carbocycles. The van der Waals surface area contributed by atoms with Gasteiger partial charge in [-0.15, -0.1) is 0 Å². The van der Waals surface area contributed by atoms with Gasteiger partial charge in [0.15, 0.2) is 10.6 Å². The highest BCUT2D eigenvalue weighted by molar-refractivity contribution is 7.93. The monoisotopic (exact) mass is 574 g/mol. The van der Waals surface area contributed by atoms with E-state index in [-0.39, 0.29) is 39.2 Å². The van der Waals surface area contributed by atoms with Crippen molar-refractivity contribution in [3.05, 3.63) is 77.1 Å². The quantitative estimate of drug-likeness (QED) is 0.435. The van der Waals surface area contributed by atoms with Crippen molar-refractivity contribution >= 4 is 27.5 Å². The largest absolute Gasteiger partial charge is 0.481 e. The zero-order valence-electron chi connectivity index (χ0n) is 23.2. The van der Waals surface area contributed by atoms with Crippen molar-refractivity contribution in [1.82, 2.24) is 19.8 Å². The number of likely N-dealkylation sites (N-methyl/N-ethyl adjacent to an activating group) is 1. The Bertz CT molecular complexity index is 1670. The van der Waals surface area contributed by atoms with Gasteiger partial charge in [-0.05, 0) is 61.7 Å². The van der Waals surface area contributed by atoms with E-state index in [1.807, 2.05) is 0 Å². The van der Waals surface area contributed by atoms with E-state index in [0.29, 0.717) is 19.4 Å². The first-order valence-corrected chi connectivity index (χ1v) is 14.6. The van der Waals surface area contributed by atoms with Crippen LogP contribution in [0.5, 0.6) is 5.88 Å². The van der Waals surface area contributed by atoms with Gasteiger partial charge in [0.1, 0.15) is 0 Å². The summed E-state index contributed by atoms with van der Waals surface area (Å²) < 4.78 is 34.8. The average molecular weight is 575 g/mol. The molecule has 2 aliphatic rings. The second-order valence-electron chi connectivity index (χ2n) is 10.3. The topological polar surface area (TPSA) is 137 Å². The maximum absolute atomic E-state index is 15.1. The predicted molar refractivity (Wildman–Crippen MR) is 149 cm³/mol. The molecule has 2 aromatic heterocycles. The number of hydrogen-bond donors (Lipinski definition) is 0. The molecule has 0 bridgehead atoms. The Kier molecular flexibility index (Phi) is 7.27. The number of anilines is 1. The Hall–Kier alpha value is -4.34. The molecule has 11 nitrogen and oxygen atoms in total. The molecule has 212 valence electrons. The lowest BCUT2D eigenvalue weighted by atomic mass is 9.79. The van der Waals surface area contributed by atoms with E-state index in [1.165, 1.54) is 48.7 Å². The molecule has 1 aromatic carbocycles. The van der Waals surface area contributed by atoms with Gasteiger partial charge in [-0.1, -0.05) is 12.5 Å². The second kappa shape index (κ2) is 10.6. The number of hydrogen-bond acceptors (Lipinski definition) is 9. The van der Waals surface area contributed by atoms with Gasteiger partial charge in [-0.2, -0.15) is 18.0 Å². The number of aromatic nitrogens is 2. The summed E-state index contributed by atoms with van der Waals surface area (Å²) in [5, 5.41) is 9.54. The van der Waals surface area contributed by atoms with Gasteiger partial charge >= 0.3 is 0 Å². The number of aryl methyl sites for hydroxylation is 1. The molecule has 1 saturated heterocycles. The molecule has 1 fully saturated rings. The number of methoxy groups -OCH3 is 1. The van der Waals surface area contributed by atoms with Crippen LogP contribution >= 0.6 is 0 Å². The third-order valence-corrected chi connectivity index (χ3v) is 9.24. The van der Waals surface area contributed by atoms with E-state index in [2.05, 4.69) is 16.0 Å². The van der Waals surface area contributed by atoms with Gasteiger partial charge < -0.3 is 9.64 Å². The number of benzene rings is 1. The van der Waals surface area contributed by atoms with E-state index in [4.69, 9.17) is 4.74 Å². The molecule has 2 aliphatic heterocycles. The first-order valence-electron chi connectivity index (χ1n) is 13.1. The molecule has 12 heteroatoms. The molecular weight excluding hydrogens is 544 g/mol. The average Bonchev–Trinajstić information content (AvgIpc) is 3.25. The number of fused-ring (bicyclic) bond motifs is 1. The van der Waals surface area contributed by atoms with Crippen LogP contribution in [0.2, 0.25) is 0 Å². The lowest BCUT2D eigenvalue weighted by Gasteiger charge is -2.47. The van der Waals surface area contributed by atoms with Crippen molar-refractivity contribution in [2.75, 3.05) is 32.1 Å². The molecule has 2 atom stereocenters. The van der Waals surface area contributed by atoms with Gasteiger partial charge in [-0.25, -0.2) is 9.97 Å². The summed E-state index contributed by atoms with van der Waals surface area (Å²) >= 11 is 0. The number of amides is 2. The Morgan fingerprint density at radius 3 is 2.59 bits per heavy atom. The lowest BCUT2D eigenvalue weighted by Crippen LogP contribution is -2.62. The number of pyridine rings is 2. The van der Waals surface area contributed by atoms with Gasteiger partial charge in [0.25, 0.3) is 15.9 Å². The summed E-state index contributed by atoms with van der Waals surface area (Å²) in [5.74, 6) is -0.947. The van der Waals surface area contributed by atoms with Crippen molar-refractivity contribution in [2.45, 2.75) is 42.8 Å². The van der Waals surface area contributed by atoms with E-state index in [9.17, 15) is 18.5 Å². The van der Waals surface area contributed by atoms with Crippen molar-refractivity contribution in [3.8, 4) is 11.9 Å². The van der Waals surface area contributed by atoms with Gasteiger partial charge in [0, 0.05) is 44.2 Å². The minimum atomic E-state index is -4.52. The summed E-state index contributed by atoms with van der Waals surface area (Å²) in [4.78, 5) is 40.4. The van der Waals surface area contributed by atoms with E-state index in [0.717, 1.165) is 16.3 Å². The Morgan fingerprint density at radius 1 is 1.15 bits per heavy atom. The van der Waals surface area contributed by atoms with Crippen molar-refractivity contribution in [2.24, 2.45) is 0 Å². The molecule has 3 aromatic rings. The van der Waals surface area contributed by atoms with Crippen LogP contribution in [0.25, 0.3) is 0 Å². The van der Waals surface area contributed by atoms with Crippen LogP contribution < -0.4 is 9.04 Å². The third-order valence-electron chi connectivity index (χ3n) is 7.63. The zero-order valence-corrected chi connectivity index (χ0v) is 24.1. The van der Waals surface area contributed by atoms with Crippen LogP contribution in [0.4, 0.5) is 5.69 Å². The van der Waals surface area contributed by atoms with Crippen LogP contribution in [-0.2, 0) is 25.2 Å². The van der Waals surface area contributed by atoms with Crippen LogP contribution in [0.1, 0.15) is 41.5 Å². The predicted octanol–water partition coefficient (Wildman–Crippen LogP) is 2.59. The summed E-state index contributed by atoms with van der Waals surface area (Å²) in [6, 6.07) is 12.0. The molecule has 5 rings (SSSR count). The van der Waals surface area contributed by atoms with Gasteiger partial charge in [0.05, 0.1) is 30.5 Å². The standard InChI is InChI=1S/C29H30N6O5S/c1-19-10-13-25(32-18-19)41(38,39)35-23-12-11-20(17-30)16-22(23)29(28(35)37,21-8-7-14-31-26(21)40-4)34-15-6-5-9-24(34)27(36)33(2)3/h7-8,10-14,16,18,24H,5-6,9,15H2,1-4H3/t24-,29?/m0/s1. The van der Waals surface area contributed by atoms with Crippen LogP contribution in [-0.4, -0.2) is 73.8 Å². The van der Waals surface area contributed by atoms with Crippen molar-refractivity contribution < 1.29 is 22.7 Å². The lowest BCUT2D eigenvalue weighted by molar-refractivity contribution is -0.142. The minimum absolute atomic E-state index is 0.0731. The molecular formula is C29H30N6O5S. The first-order chi connectivity index (χ1) is 19.6. The highest BCUT2D eigenvalue weighted by atomic mass is 32.2. The number of likely N-dealkylation sites (tertiary alicyclic amines) is 1. The fraction of sp³-hybridized carbons (Fsp3) is 0.345. The number of sulfonamides is 1. The fourth-order valence-corrected chi connectivity index (χ4v) is 7.17. The summed E-state index contributed by atoms with van der Waals surface area (Å²) in [7, 11) is 0.176. The van der Waals surface area contributed by atoms with E-state index >= 15 is 4.79 Å². The summed E-state index contributed by atoms with van der Waals surface area (Å²) in [5.41, 5.74) is -0.272. The number of nitriles is 1. The number of ether oxygens (including phenoxy) is 1. The number of piperidine rings is 1. The maximum atomic E-state index is 15.1. The second-order valence-corrected chi connectivity index (χ2v) is 12.0. The molecule has 1 unspecified atom stereocenters. The first kappa shape index (κ1) is 28.2. The number of nitrogens with zero attached hydrogens (tertiary/aromatic N) is 6. The highest BCUT2D eigenvalue weighted by Gasteiger charge is 2.63. The summed E-state index contributed by atoms with van der Waals surface area (Å²) in [6.07, 6.45) is 4.78. The molecule has 4 heterocycles. The van der Waals surface area contributed by atoms with E-state index < -0.39 is 27.5 Å². The molecule has 2 amide bonds. The van der Waals surface area contributed by atoms with Crippen molar-refractivity contribution in [1.29, 1.82) is 5.26 Å². The highest BCUT2D eigenvalue weighted by Crippen LogP contribution is 2.53. The number of rotatable bonds is 6. The smallest absolute Gasteiger partial charge is 0.288 e. The molecule has 41 heavy (non-hydrogen) atoms. The minimum Gasteiger partial charge on any atom is -0.481 e. The van der Waals surface area contributed by atoms with Crippen LogP contribution in [0.3, 0.4) is 0 Å². The fourth-order valence-electron chi connectivity index (χ4n) is 5.79. The van der Waals surface area contributed by atoms with Crippen LogP contribution in [0, 0.1) is 18.3 Å².